The Hall–Kier alpha value is -2.36. The number of nitrogens with zero attached hydrogens (tertiary/aromatic N) is 1. The van der Waals surface area contributed by atoms with Crippen molar-refractivity contribution in [2.75, 3.05) is 18.6 Å². The summed E-state index contributed by atoms with van der Waals surface area (Å²) in [5.74, 6) is 0.311. The Morgan fingerprint density at radius 1 is 1.20 bits per heavy atom. The van der Waals surface area contributed by atoms with E-state index in [1.807, 2.05) is 6.07 Å². The lowest BCUT2D eigenvalue weighted by molar-refractivity contribution is 0.0980. The molecule has 0 atom stereocenters. The molecule has 0 aliphatic carbocycles. The molecule has 0 radical (unpaired) electrons. The highest BCUT2D eigenvalue weighted by molar-refractivity contribution is 6.08. The minimum atomic E-state index is -0.337. The van der Waals surface area contributed by atoms with E-state index in [2.05, 4.69) is 0 Å². The van der Waals surface area contributed by atoms with Crippen LogP contribution in [-0.4, -0.2) is 19.6 Å². The summed E-state index contributed by atoms with van der Waals surface area (Å²) in [5, 5.41) is 0. The number of amides is 1. The molecule has 2 aromatic rings. The van der Waals surface area contributed by atoms with E-state index in [9.17, 15) is 9.18 Å². The fourth-order valence-electron chi connectivity index (χ4n) is 2.48. The van der Waals surface area contributed by atoms with Crippen molar-refractivity contribution in [3.8, 4) is 5.75 Å². The van der Waals surface area contributed by atoms with Crippen LogP contribution in [0.2, 0.25) is 0 Å². The Morgan fingerprint density at radius 2 is 2.05 bits per heavy atom. The zero-order valence-corrected chi connectivity index (χ0v) is 11.1. The summed E-state index contributed by atoms with van der Waals surface area (Å²) in [4.78, 5) is 14.1. The molecule has 102 valence electrons. The maximum Gasteiger partial charge on any atom is 0.258 e. The SMILES string of the molecule is COc1ccc2c(c1)CCN(c1cccc(F)c1)C2=O. The van der Waals surface area contributed by atoms with E-state index in [0.717, 1.165) is 17.7 Å². The Bertz CT molecular complexity index is 669. The van der Waals surface area contributed by atoms with Gasteiger partial charge < -0.3 is 9.64 Å². The molecular formula is C16H14FNO2. The average molecular weight is 271 g/mol. The molecule has 1 aliphatic rings. The maximum atomic E-state index is 13.3. The Balaban J connectivity index is 1.97. The van der Waals surface area contributed by atoms with Gasteiger partial charge in [-0.15, -0.1) is 0 Å². The first kappa shape index (κ1) is 12.7. The Labute approximate surface area is 116 Å². The predicted molar refractivity (Wildman–Crippen MR) is 74.8 cm³/mol. The Kier molecular flexibility index (Phi) is 3.14. The van der Waals surface area contributed by atoms with Gasteiger partial charge in [-0.25, -0.2) is 4.39 Å². The molecule has 4 heteroatoms. The lowest BCUT2D eigenvalue weighted by Crippen LogP contribution is -2.37. The highest BCUT2D eigenvalue weighted by Crippen LogP contribution is 2.27. The number of fused-ring (bicyclic) bond motifs is 1. The lowest BCUT2D eigenvalue weighted by atomic mass is 9.98. The van der Waals surface area contributed by atoms with Crippen LogP contribution >= 0.6 is 0 Å². The van der Waals surface area contributed by atoms with Crippen molar-refractivity contribution in [3.05, 3.63) is 59.4 Å². The molecule has 20 heavy (non-hydrogen) atoms. The minimum Gasteiger partial charge on any atom is -0.497 e. The number of carbonyl (C=O) groups is 1. The van der Waals surface area contributed by atoms with Gasteiger partial charge in [-0.05, 0) is 48.4 Å². The van der Waals surface area contributed by atoms with Crippen molar-refractivity contribution in [1.82, 2.24) is 0 Å². The molecule has 1 heterocycles. The van der Waals surface area contributed by atoms with Crippen LogP contribution in [0.25, 0.3) is 0 Å². The molecule has 0 spiro atoms. The van der Waals surface area contributed by atoms with E-state index >= 15 is 0 Å². The second-order valence-corrected chi connectivity index (χ2v) is 4.71. The van der Waals surface area contributed by atoms with E-state index in [-0.39, 0.29) is 11.7 Å². The first-order valence-corrected chi connectivity index (χ1v) is 6.43. The number of halogens is 1. The van der Waals surface area contributed by atoms with Gasteiger partial charge in [0, 0.05) is 17.8 Å². The number of carbonyl (C=O) groups excluding carboxylic acids is 1. The number of benzene rings is 2. The summed E-state index contributed by atoms with van der Waals surface area (Å²) in [6.07, 6.45) is 0.731. The molecule has 0 saturated carbocycles. The Morgan fingerprint density at radius 3 is 2.80 bits per heavy atom. The summed E-state index contributed by atoms with van der Waals surface area (Å²) < 4.78 is 18.5. The van der Waals surface area contributed by atoms with E-state index in [1.54, 1.807) is 36.3 Å². The van der Waals surface area contributed by atoms with Crippen molar-refractivity contribution < 1.29 is 13.9 Å². The highest BCUT2D eigenvalue weighted by atomic mass is 19.1. The van der Waals surface area contributed by atoms with Gasteiger partial charge >= 0.3 is 0 Å². The van der Waals surface area contributed by atoms with Crippen LogP contribution in [0, 0.1) is 5.82 Å². The second-order valence-electron chi connectivity index (χ2n) is 4.71. The van der Waals surface area contributed by atoms with Gasteiger partial charge in [0.15, 0.2) is 0 Å². The van der Waals surface area contributed by atoms with Gasteiger partial charge in [0.25, 0.3) is 5.91 Å². The minimum absolute atomic E-state index is 0.0977. The third-order valence-corrected chi connectivity index (χ3v) is 3.51. The fourth-order valence-corrected chi connectivity index (χ4v) is 2.48. The molecule has 0 N–H and O–H groups in total. The van der Waals surface area contributed by atoms with E-state index in [1.165, 1.54) is 12.1 Å². The summed E-state index contributed by atoms with van der Waals surface area (Å²) in [7, 11) is 1.60. The monoisotopic (exact) mass is 271 g/mol. The van der Waals surface area contributed by atoms with Crippen molar-refractivity contribution >= 4 is 11.6 Å². The number of hydrogen-bond acceptors (Lipinski definition) is 2. The van der Waals surface area contributed by atoms with Gasteiger partial charge in [-0.2, -0.15) is 0 Å². The van der Waals surface area contributed by atoms with E-state index in [0.29, 0.717) is 17.8 Å². The van der Waals surface area contributed by atoms with Gasteiger partial charge in [0.2, 0.25) is 0 Å². The number of hydrogen-bond donors (Lipinski definition) is 0. The molecule has 0 bridgehead atoms. The third-order valence-electron chi connectivity index (χ3n) is 3.51. The van der Waals surface area contributed by atoms with Crippen LogP contribution in [0.5, 0.6) is 5.75 Å². The zero-order chi connectivity index (χ0) is 14.1. The first-order chi connectivity index (χ1) is 9.69. The van der Waals surface area contributed by atoms with Crippen LogP contribution in [-0.2, 0) is 6.42 Å². The van der Waals surface area contributed by atoms with Gasteiger partial charge in [0.05, 0.1) is 7.11 Å². The smallest absolute Gasteiger partial charge is 0.258 e. The fraction of sp³-hybridized carbons (Fsp3) is 0.188. The van der Waals surface area contributed by atoms with Crippen molar-refractivity contribution in [3.63, 3.8) is 0 Å². The summed E-state index contributed by atoms with van der Waals surface area (Å²) in [6, 6.07) is 11.5. The van der Waals surface area contributed by atoms with Crippen LogP contribution in [0.15, 0.2) is 42.5 Å². The lowest BCUT2D eigenvalue weighted by Gasteiger charge is -2.28. The quantitative estimate of drug-likeness (QED) is 0.840. The van der Waals surface area contributed by atoms with Crippen molar-refractivity contribution in [2.45, 2.75) is 6.42 Å². The van der Waals surface area contributed by atoms with E-state index < -0.39 is 0 Å². The standard InChI is InChI=1S/C16H14FNO2/c1-20-14-5-6-15-11(9-14)7-8-18(16(15)19)13-4-2-3-12(17)10-13/h2-6,9-10H,7-8H2,1H3. The van der Waals surface area contributed by atoms with Gasteiger partial charge in [-0.1, -0.05) is 6.07 Å². The molecule has 0 unspecified atom stereocenters. The predicted octanol–water partition coefficient (Wildman–Crippen LogP) is 3.04. The normalized spacial score (nSPS) is 14.1. The van der Waals surface area contributed by atoms with Crippen molar-refractivity contribution in [1.29, 1.82) is 0 Å². The molecule has 2 aromatic carbocycles. The van der Waals surface area contributed by atoms with Gasteiger partial charge in [-0.3, -0.25) is 4.79 Å². The number of methoxy groups -OCH3 is 1. The van der Waals surface area contributed by atoms with Crippen LogP contribution < -0.4 is 9.64 Å². The van der Waals surface area contributed by atoms with Crippen LogP contribution in [0.1, 0.15) is 15.9 Å². The molecule has 0 saturated heterocycles. The van der Waals surface area contributed by atoms with Crippen LogP contribution in [0.4, 0.5) is 10.1 Å². The summed E-state index contributed by atoms with van der Waals surface area (Å²) in [6.45, 7) is 0.544. The van der Waals surface area contributed by atoms with Crippen molar-refractivity contribution in [2.24, 2.45) is 0 Å². The number of anilines is 1. The topological polar surface area (TPSA) is 29.5 Å². The highest BCUT2D eigenvalue weighted by Gasteiger charge is 2.25. The van der Waals surface area contributed by atoms with Crippen LogP contribution in [0.3, 0.4) is 0 Å². The second kappa shape index (κ2) is 4.96. The number of rotatable bonds is 2. The molecule has 0 fully saturated rings. The molecule has 3 nitrogen and oxygen atoms in total. The molecular weight excluding hydrogens is 257 g/mol. The average Bonchev–Trinajstić information content (AvgIpc) is 2.47. The molecule has 3 rings (SSSR count). The molecule has 1 amide bonds. The largest absolute Gasteiger partial charge is 0.497 e. The zero-order valence-electron chi connectivity index (χ0n) is 11.1. The van der Waals surface area contributed by atoms with E-state index in [4.69, 9.17) is 4.74 Å². The molecule has 1 aliphatic heterocycles. The van der Waals surface area contributed by atoms with Gasteiger partial charge in [0.1, 0.15) is 11.6 Å². The third kappa shape index (κ3) is 2.13. The maximum absolute atomic E-state index is 13.3. The molecule has 0 aromatic heterocycles. The summed E-state index contributed by atoms with van der Waals surface area (Å²) in [5.41, 5.74) is 2.22. The first-order valence-electron chi connectivity index (χ1n) is 6.43. The summed E-state index contributed by atoms with van der Waals surface area (Å²) >= 11 is 0. The number of ether oxygens (including phenoxy) is 1.